The van der Waals surface area contributed by atoms with Gasteiger partial charge in [-0.1, -0.05) is 58.4 Å². The van der Waals surface area contributed by atoms with Crippen molar-refractivity contribution in [3.8, 4) is 5.75 Å². The van der Waals surface area contributed by atoms with Gasteiger partial charge in [-0.05, 0) is 53.1 Å². The normalized spacial score (nSPS) is 12.6. The molecule has 2 aromatic rings. The van der Waals surface area contributed by atoms with Crippen LogP contribution in [0.2, 0.25) is 5.02 Å². The van der Waals surface area contributed by atoms with Gasteiger partial charge >= 0.3 is 6.18 Å². The van der Waals surface area contributed by atoms with Gasteiger partial charge in [0.1, 0.15) is 5.75 Å². The molecule has 0 heterocycles. The number of anilines is 1. The number of hydrogen-bond donors (Lipinski definition) is 1. The lowest BCUT2D eigenvalue weighted by atomic mass is 9.72. The Labute approximate surface area is 180 Å². The Bertz CT molecular complexity index is 885. The van der Waals surface area contributed by atoms with Crippen molar-refractivity contribution in [1.82, 2.24) is 0 Å². The summed E-state index contributed by atoms with van der Waals surface area (Å²) in [5, 5.41) is 2.37. The molecule has 0 atom stereocenters. The monoisotopic (exact) mass is 441 g/mol. The van der Waals surface area contributed by atoms with E-state index in [4.69, 9.17) is 16.3 Å². The average Bonchev–Trinajstić information content (AvgIpc) is 2.59. The van der Waals surface area contributed by atoms with Gasteiger partial charge < -0.3 is 10.1 Å². The second kappa shape index (κ2) is 8.88. The fraction of sp³-hybridized carbons (Fsp3) is 0.435. The molecule has 0 aliphatic carbocycles. The molecule has 0 aliphatic heterocycles. The summed E-state index contributed by atoms with van der Waals surface area (Å²) in [5.41, 5.74) is 0.316. The lowest BCUT2D eigenvalue weighted by molar-refractivity contribution is -0.137. The molecule has 0 spiro atoms. The highest BCUT2D eigenvalue weighted by Crippen LogP contribution is 2.37. The first-order valence-electron chi connectivity index (χ1n) is 9.57. The minimum absolute atomic E-state index is 0.0155. The van der Waals surface area contributed by atoms with Crippen molar-refractivity contribution in [3.63, 3.8) is 0 Å². The Morgan fingerprint density at radius 3 is 2.07 bits per heavy atom. The fourth-order valence-corrected chi connectivity index (χ4v) is 3.73. The van der Waals surface area contributed by atoms with Gasteiger partial charge in [-0.2, -0.15) is 13.2 Å². The van der Waals surface area contributed by atoms with Crippen LogP contribution in [0.4, 0.5) is 18.9 Å². The molecule has 0 radical (unpaired) electrons. The van der Waals surface area contributed by atoms with E-state index in [0.717, 1.165) is 30.2 Å². The van der Waals surface area contributed by atoms with Gasteiger partial charge in [0, 0.05) is 0 Å². The molecule has 2 rings (SSSR count). The zero-order valence-electron chi connectivity index (χ0n) is 17.8. The Morgan fingerprint density at radius 2 is 1.53 bits per heavy atom. The number of nitrogens with one attached hydrogen (secondary N) is 1. The van der Waals surface area contributed by atoms with Crippen molar-refractivity contribution in [3.05, 3.63) is 58.6 Å². The van der Waals surface area contributed by atoms with Crippen LogP contribution in [0.25, 0.3) is 0 Å². The van der Waals surface area contributed by atoms with Gasteiger partial charge in [0.25, 0.3) is 5.91 Å². The van der Waals surface area contributed by atoms with E-state index in [1.54, 1.807) is 12.1 Å². The van der Waals surface area contributed by atoms with Crippen LogP contribution in [0.5, 0.6) is 5.75 Å². The van der Waals surface area contributed by atoms with E-state index in [9.17, 15) is 18.0 Å². The summed E-state index contributed by atoms with van der Waals surface area (Å²) >= 11 is 5.89. The number of ether oxygens (including phenoxy) is 1. The highest BCUT2D eigenvalue weighted by Gasteiger charge is 2.31. The molecule has 0 saturated heterocycles. The molecule has 1 N–H and O–H groups in total. The highest BCUT2D eigenvalue weighted by molar-refractivity contribution is 6.33. The molecule has 0 aromatic heterocycles. The fourth-order valence-electron chi connectivity index (χ4n) is 3.56. The van der Waals surface area contributed by atoms with Crippen LogP contribution < -0.4 is 10.1 Å². The SMILES string of the molecule is CC(C)(C)CC(C)(C)c1ccc(OCC(=O)Nc2cc(C(F)(F)F)ccc2Cl)cc1. The summed E-state index contributed by atoms with van der Waals surface area (Å²) in [6.07, 6.45) is -3.52. The molecule has 0 unspecified atom stereocenters. The molecular formula is C23H27ClF3NO2. The maximum atomic E-state index is 12.8. The van der Waals surface area contributed by atoms with Gasteiger partial charge in [-0.15, -0.1) is 0 Å². The zero-order chi connectivity index (χ0) is 22.7. The lowest BCUT2D eigenvalue weighted by Gasteiger charge is -2.33. The first-order valence-corrected chi connectivity index (χ1v) is 9.95. The summed E-state index contributed by atoms with van der Waals surface area (Å²) in [7, 11) is 0. The molecule has 0 bridgehead atoms. The van der Waals surface area contributed by atoms with Crippen molar-refractivity contribution in [2.45, 2.75) is 52.6 Å². The molecule has 30 heavy (non-hydrogen) atoms. The number of carbonyl (C=O) groups is 1. The third-order valence-corrected chi connectivity index (χ3v) is 4.88. The summed E-state index contributed by atoms with van der Waals surface area (Å²) in [6.45, 7) is 10.6. The predicted molar refractivity (Wildman–Crippen MR) is 114 cm³/mol. The number of benzene rings is 2. The first-order chi connectivity index (χ1) is 13.7. The molecule has 0 fully saturated rings. The number of hydrogen-bond acceptors (Lipinski definition) is 2. The van der Waals surface area contributed by atoms with Gasteiger partial charge in [-0.25, -0.2) is 0 Å². The first kappa shape index (κ1) is 24.1. The highest BCUT2D eigenvalue weighted by atomic mass is 35.5. The number of alkyl halides is 3. The van der Waals surface area contributed by atoms with Crippen LogP contribution >= 0.6 is 11.6 Å². The van der Waals surface area contributed by atoms with E-state index >= 15 is 0 Å². The van der Waals surface area contributed by atoms with Crippen molar-refractivity contribution in [1.29, 1.82) is 0 Å². The molecule has 3 nitrogen and oxygen atoms in total. The van der Waals surface area contributed by atoms with E-state index in [0.29, 0.717) is 5.75 Å². The van der Waals surface area contributed by atoms with Crippen molar-refractivity contribution >= 4 is 23.2 Å². The number of carbonyl (C=O) groups excluding carboxylic acids is 1. The van der Waals surface area contributed by atoms with Gasteiger partial charge in [0.2, 0.25) is 0 Å². The smallest absolute Gasteiger partial charge is 0.416 e. The van der Waals surface area contributed by atoms with E-state index in [-0.39, 0.29) is 28.1 Å². The van der Waals surface area contributed by atoms with Crippen molar-refractivity contribution in [2.75, 3.05) is 11.9 Å². The van der Waals surface area contributed by atoms with Crippen LogP contribution in [0.1, 0.15) is 52.2 Å². The minimum Gasteiger partial charge on any atom is -0.484 e. The van der Waals surface area contributed by atoms with E-state index in [1.165, 1.54) is 0 Å². The molecule has 0 aliphatic rings. The van der Waals surface area contributed by atoms with Gasteiger partial charge in [0.05, 0.1) is 16.3 Å². The number of halogens is 4. The van der Waals surface area contributed by atoms with E-state index < -0.39 is 17.6 Å². The Balaban J connectivity index is 1.99. The standard InChI is InChI=1S/C23H27ClF3NO2/c1-21(2,3)14-22(4,5)15-6-9-17(10-7-15)30-13-20(29)28-19-12-16(23(25,26)27)8-11-18(19)24/h6-12H,13-14H2,1-5H3,(H,28,29). The van der Waals surface area contributed by atoms with Crippen LogP contribution in [0.3, 0.4) is 0 Å². The molecule has 2 aromatic carbocycles. The topological polar surface area (TPSA) is 38.3 Å². The second-order valence-corrected chi connectivity index (χ2v) is 9.58. The third-order valence-electron chi connectivity index (χ3n) is 4.55. The van der Waals surface area contributed by atoms with E-state index in [2.05, 4.69) is 39.9 Å². The number of amides is 1. The Kier molecular flexibility index (Phi) is 7.12. The third kappa shape index (κ3) is 6.94. The summed E-state index contributed by atoms with van der Waals surface area (Å²) < 4.78 is 44.0. The van der Waals surface area contributed by atoms with Gasteiger partial charge in [0.15, 0.2) is 6.61 Å². The average molecular weight is 442 g/mol. The van der Waals surface area contributed by atoms with E-state index in [1.807, 2.05) is 12.1 Å². The molecule has 7 heteroatoms. The molecular weight excluding hydrogens is 415 g/mol. The quantitative estimate of drug-likeness (QED) is 0.519. The lowest BCUT2D eigenvalue weighted by Crippen LogP contribution is -2.24. The van der Waals surface area contributed by atoms with Crippen LogP contribution in [0.15, 0.2) is 42.5 Å². The number of rotatable bonds is 6. The minimum atomic E-state index is -4.52. The molecule has 0 saturated carbocycles. The zero-order valence-corrected chi connectivity index (χ0v) is 18.5. The summed E-state index contributed by atoms with van der Waals surface area (Å²) in [6, 6.07) is 10.2. The predicted octanol–water partition coefficient (Wildman–Crippen LogP) is 7.09. The Morgan fingerprint density at radius 1 is 0.967 bits per heavy atom. The largest absolute Gasteiger partial charge is 0.484 e. The van der Waals surface area contributed by atoms with Crippen LogP contribution in [0, 0.1) is 5.41 Å². The Hall–Kier alpha value is -2.21. The molecule has 1 amide bonds. The van der Waals surface area contributed by atoms with Crippen molar-refractivity contribution < 1.29 is 22.7 Å². The molecule has 164 valence electrons. The van der Waals surface area contributed by atoms with Gasteiger partial charge in [-0.3, -0.25) is 4.79 Å². The second-order valence-electron chi connectivity index (χ2n) is 9.17. The van der Waals surface area contributed by atoms with Crippen LogP contribution in [-0.4, -0.2) is 12.5 Å². The summed E-state index contributed by atoms with van der Waals surface area (Å²) in [5.74, 6) is -0.107. The maximum absolute atomic E-state index is 12.8. The summed E-state index contributed by atoms with van der Waals surface area (Å²) in [4.78, 5) is 12.1. The maximum Gasteiger partial charge on any atom is 0.416 e. The van der Waals surface area contributed by atoms with Crippen molar-refractivity contribution in [2.24, 2.45) is 5.41 Å². The van der Waals surface area contributed by atoms with Crippen LogP contribution in [-0.2, 0) is 16.4 Å².